The fourth-order valence-electron chi connectivity index (χ4n) is 3.06. The summed E-state index contributed by atoms with van der Waals surface area (Å²) in [6.07, 6.45) is 5.22. The molecule has 0 bridgehead atoms. The number of hydrogen-bond donors (Lipinski definition) is 1. The smallest absolute Gasteiger partial charge is 0.0701 e. The van der Waals surface area contributed by atoms with Gasteiger partial charge in [-0.1, -0.05) is 30.3 Å². The highest BCUT2D eigenvalue weighted by Gasteiger charge is 2.21. The number of halogens is 1. The molecule has 3 rings (SSSR count). The van der Waals surface area contributed by atoms with Crippen LogP contribution >= 0.6 is 27.3 Å². The van der Waals surface area contributed by atoms with Gasteiger partial charge in [-0.05, 0) is 70.1 Å². The Kier molecular flexibility index (Phi) is 4.92. The molecule has 1 N–H and O–H groups in total. The van der Waals surface area contributed by atoms with E-state index in [9.17, 15) is 0 Å². The van der Waals surface area contributed by atoms with Crippen LogP contribution < -0.4 is 5.32 Å². The molecule has 0 atom stereocenters. The maximum absolute atomic E-state index is 3.71. The molecule has 0 unspecified atom stereocenters. The normalized spacial score (nSPS) is 22.9. The van der Waals surface area contributed by atoms with Crippen LogP contribution in [0.3, 0.4) is 0 Å². The van der Waals surface area contributed by atoms with Crippen molar-refractivity contribution in [3.05, 3.63) is 56.7 Å². The summed E-state index contributed by atoms with van der Waals surface area (Å²) >= 11 is 5.29. The van der Waals surface area contributed by atoms with Gasteiger partial charge in [-0.2, -0.15) is 0 Å². The van der Waals surface area contributed by atoms with E-state index in [1.54, 1.807) is 11.3 Å². The molecular weight excluding hydrogens is 330 g/mol. The summed E-state index contributed by atoms with van der Waals surface area (Å²) in [5.41, 5.74) is 2.92. The summed E-state index contributed by atoms with van der Waals surface area (Å²) in [4.78, 5) is 0. The van der Waals surface area contributed by atoms with Crippen LogP contribution in [0.4, 0.5) is 0 Å². The third-order valence-electron chi connectivity index (χ3n) is 4.21. The fraction of sp³-hybridized carbons (Fsp3) is 0.412. The first-order valence-corrected chi connectivity index (χ1v) is 9.00. The summed E-state index contributed by atoms with van der Waals surface area (Å²) < 4.78 is 1.22. The largest absolute Gasteiger partial charge is 0.310 e. The molecule has 1 aromatic heterocycles. The van der Waals surface area contributed by atoms with E-state index in [2.05, 4.69) is 63.0 Å². The van der Waals surface area contributed by atoms with Gasteiger partial charge in [0.1, 0.15) is 0 Å². The number of hydrogen-bond acceptors (Lipinski definition) is 2. The predicted octanol–water partition coefficient (Wildman–Crippen LogP) is 5.33. The molecule has 1 heterocycles. The maximum Gasteiger partial charge on any atom is 0.0701 e. The fourth-order valence-corrected chi connectivity index (χ4v) is 4.27. The minimum Gasteiger partial charge on any atom is -0.310 e. The number of benzene rings is 1. The van der Waals surface area contributed by atoms with Gasteiger partial charge >= 0.3 is 0 Å². The molecule has 20 heavy (non-hydrogen) atoms. The third kappa shape index (κ3) is 3.72. The van der Waals surface area contributed by atoms with Gasteiger partial charge in [-0.3, -0.25) is 0 Å². The molecule has 1 aromatic carbocycles. The summed E-state index contributed by atoms with van der Waals surface area (Å²) in [7, 11) is 0. The molecule has 0 aliphatic heterocycles. The van der Waals surface area contributed by atoms with Gasteiger partial charge in [0.05, 0.1) is 3.79 Å². The van der Waals surface area contributed by atoms with Crippen molar-refractivity contribution < 1.29 is 0 Å². The average molecular weight is 350 g/mol. The van der Waals surface area contributed by atoms with Gasteiger partial charge in [0, 0.05) is 12.6 Å². The molecule has 1 fully saturated rings. The van der Waals surface area contributed by atoms with E-state index in [1.165, 1.54) is 40.6 Å². The lowest BCUT2D eigenvalue weighted by Gasteiger charge is -2.29. The second-order valence-corrected chi connectivity index (χ2v) is 7.89. The summed E-state index contributed by atoms with van der Waals surface area (Å²) in [5, 5.41) is 5.94. The first-order chi connectivity index (χ1) is 9.81. The molecule has 1 saturated carbocycles. The van der Waals surface area contributed by atoms with Gasteiger partial charge in [0.2, 0.25) is 0 Å². The van der Waals surface area contributed by atoms with E-state index >= 15 is 0 Å². The SMILES string of the molecule is Brc1cc(CNC2CCC(c3ccccc3)CC2)cs1. The molecule has 0 amide bonds. The van der Waals surface area contributed by atoms with Crippen LogP contribution in [0.2, 0.25) is 0 Å². The van der Waals surface area contributed by atoms with Crippen molar-refractivity contribution in [2.75, 3.05) is 0 Å². The van der Waals surface area contributed by atoms with Gasteiger partial charge < -0.3 is 5.32 Å². The zero-order valence-electron chi connectivity index (χ0n) is 11.5. The summed E-state index contributed by atoms with van der Waals surface area (Å²) in [6, 6.07) is 13.9. The van der Waals surface area contributed by atoms with Gasteiger partial charge in [0.15, 0.2) is 0 Å². The molecule has 2 aromatic rings. The van der Waals surface area contributed by atoms with E-state index in [1.807, 2.05) is 0 Å². The first kappa shape index (κ1) is 14.3. The van der Waals surface area contributed by atoms with Gasteiger partial charge in [0.25, 0.3) is 0 Å². The zero-order chi connectivity index (χ0) is 13.8. The van der Waals surface area contributed by atoms with Crippen molar-refractivity contribution in [3.8, 4) is 0 Å². The van der Waals surface area contributed by atoms with Crippen molar-refractivity contribution in [2.24, 2.45) is 0 Å². The van der Waals surface area contributed by atoms with E-state index in [-0.39, 0.29) is 0 Å². The van der Waals surface area contributed by atoms with Gasteiger partial charge in [-0.15, -0.1) is 11.3 Å². The monoisotopic (exact) mass is 349 g/mol. The number of rotatable bonds is 4. The molecule has 1 aliphatic rings. The Balaban J connectivity index is 1.47. The Morgan fingerprint density at radius 1 is 1.10 bits per heavy atom. The molecule has 106 valence electrons. The van der Waals surface area contributed by atoms with Crippen LogP contribution in [0.1, 0.15) is 42.7 Å². The van der Waals surface area contributed by atoms with E-state index < -0.39 is 0 Å². The molecule has 0 spiro atoms. The average Bonchev–Trinajstić information content (AvgIpc) is 2.92. The summed E-state index contributed by atoms with van der Waals surface area (Å²) in [6.45, 7) is 1.00. The number of nitrogens with one attached hydrogen (secondary N) is 1. The number of thiophene rings is 1. The molecule has 3 heteroatoms. The summed E-state index contributed by atoms with van der Waals surface area (Å²) in [5.74, 6) is 0.768. The van der Waals surface area contributed by atoms with Crippen LogP contribution in [-0.4, -0.2) is 6.04 Å². The maximum atomic E-state index is 3.71. The molecule has 0 saturated heterocycles. The second kappa shape index (κ2) is 6.88. The van der Waals surface area contributed by atoms with E-state index in [0.717, 1.165) is 12.5 Å². The van der Waals surface area contributed by atoms with Crippen molar-refractivity contribution >= 4 is 27.3 Å². The van der Waals surface area contributed by atoms with Crippen molar-refractivity contribution in [1.82, 2.24) is 5.32 Å². The Morgan fingerprint density at radius 3 is 2.50 bits per heavy atom. The van der Waals surface area contributed by atoms with Crippen molar-refractivity contribution in [1.29, 1.82) is 0 Å². The topological polar surface area (TPSA) is 12.0 Å². The highest BCUT2D eigenvalue weighted by atomic mass is 79.9. The van der Waals surface area contributed by atoms with Crippen LogP contribution in [-0.2, 0) is 6.54 Å². The predicted molar refractivity (Wildman–Crippen MR) is 90.3 cm³/mol. The lowest BCUT2D eigenvalue weighted by Crippen LogP contribution is -2.32. The van der Waals surface area contributed by atoms with Crippen LogP contribution in [0.25, 0.3) is 0 Å². The lowest BCUT2D eigenvalue weighted by molar-refractivity contribution is 0.342. The quantitative estimate of drug-likeness (QED) is 0.786. The van der Waals surface area contributed by atoms with Crippen LogP contribution in [0.15, 0.2) is 45.6 Å². The van der Waals surface area contributed by atoms with Crippen molar-refractivity contribution in [3.63, 3.8) is 0 Å². The first-order valence-electron chi connectivity index (χ1n) is 7.32. The van der Waals surface area contributed by atoms with E-state index in [0.29, 0.717) is 6.04 Å². The van der Waals surface area contributed by atoms with Crippen molar-refractivity contribution in [2.45, 2.75) is 44.2 Å². The molecule has 0 radical (unpaired) electrons. The minimum absolute atomic E-state index is 0.689. The Morgan fingerprint density at radius 2 is 1.85 bits per heavy atom. The molecule has 1 nitrogen and oxygen atoms in total. The lowest BCUT2D eigenvalue weighted by atomic mass is 9.82. The molecular formula is C17H20BrNS. The molecule has 1 aliphatic carbocycles. The Labute approximate surface area is 133 Å². The Hall–Kier alpha value is -0.640. The third-order valence-corrected chi connectivity index (χ3v) is 5.77. The van der Waals surface area contributed by atoms with Crippen LogP contribution in [0.5, 0.6) is 0 Å². The Bertz CT molecular complexity index is 529. The highest BCUT2D eigenvalue weighted by Crippen LogP contribution is 2.32. The minimum atomic E-state index is 0.689. The van der Waals surface area contributed by atoms with E-state index in [4.69, 9.17) is 0 Å². The second-order valence-electron chi connectivity index (χ2n) is 5.60. The highest BCUT2D eigenvalue weighted by molar-refractivity contribution is 9.11. The zero-order valence-corrected chi connectivity index (χ0v) is 13.9. The standard InChI is InChI=1S/C17H20BrNS/c18-17-10-13(12-20-17)11-19-16-8-6-15(7-9-16)14-4-2-1-3-5-14/h1-5,10,12,15-16,19H,6-9,11H2. The van der Waals surface area contributed by atoms with Crippen LogP contribution in [0, 0.1) is 0 Å². The van der Waals surface area contributed by atoms with Gasteiger partial charge in [-0.25, -0.2) is 0 Å².